The fourth-order valence-electron chi connectivity index (χ4n) is 3.57. The molecule has 3 rings (SSSR count). The van der Waals surface area contributed by atoms with Gasteiger partial charge < -0.3 is 20.1 Å². The summed E-state index contributed by atoms with van der Waals surface area (Å²) in [7, 11) is 1.57. The summed E-state index contributed by atoms with van der Waals surface area (Å²) in [4.78, 5) is 42.7. The summed E-state index contributed by atoms with van der Waals surface area (Å²) in [5.74, 6) is -0.638. The lowest BCUT2D eigenvalue weighted by molar-refractivity contribution is -0.155. The van der Waals surface area contributed by atoms with E-state index in [9.17, 15) is 14.4 Å². The van der Waals surface area contributed by atoms with E-state index in [4.69, 9.17) is 9.47 Å². The van der Waals surface area contributed by atoms with Crippen LogP contribution in [0.5, 0.6) is 5.75 Å². The largest absolute Gasteiger partial charge is 0.497 e. The smallest absolute Gasteiger partial charge is 0.306 e. The predicted molar refractivity (Wildman–Crippen MR) is 141 cm³/mol. The summed E-state index contributed by atoms with van der Waals surface area (Å²) in [5.41, 5.74) is 2.17. The maximum absolute atomic E-state index is 13.0. The molecule has 0 aliphatic heterocycles. The zero-order valence-corrected chi connectivity index (χ0v) is 21.6. The zero-order valence-electron chi connectivity index (χ0n) is 21.6. The topological polar surface area (TPSA) is 107 Å². The van der Waals surface area contributed by atoms with Crippen molar-refractivity contribution in [3.63, 3.8) is 0 Å². The van der Waals surface area contributed by atoms with Crippen LogP contribution in [0.2, 0.25) is 0 Å². The summed E-state index contributed by atoms with van der Waals surface area (Å²) in [6, 6.07) is 19.4. The molecule has 1 heterocycles. The number of pyridine rings is 1. The van der Waals surface area contributed by atoms with Crippen LogP contribution in [0, 0.1) is 0 Å². The second-order valence-corrected chi connectivity index (χ2v) is 9.52. The highest BCUT2D eigenvalue weighted by atomic mass is 16.6. The van der Waals surface area contributed by atoms with E-state index in [2.05, 4.69) is 15.6 Å². The van der Waals surface area contributed by atoms with Crippen molar-refractivity contribution in [1.82, 2.24) is 15.6 Å². The van der Waals surface area contributed by atoms with Crippen molar-refractivity contribution >= 4 is 17.8 Å². The van der Waals surface area contributed by atoms with E-state index in [0.29, 0.717) is 11.3 Å². The molecule has 0 aliphatic carbocycles. The molecule has 8 nitrogen and oxygen atoms in total. The lowest BCUT2D eigenvalue weighted by Crippen LogP contribution is -2.47. The normalized spacial score (nSPS) is 11.8. The molecular weight excluding hydrogens is 470 g/mol. The molecule has 1 aromatic heterocycles. The minimum atomic E-state index is -0.945. The standard InChI is InChI=1S/C29H33N3O5/c1-29(2,3)37-26(33)16-15-25(28(35)31-18-20-9-8-12-23(17-20)36-4)32-27(34)22-13-14-24(30-19-22)21-10-6-5-7-11-21/h5-14,17,19,25H,15-16,18H2,1-4H3,(H,31,35)(H,32,34). The van der Waals surface area contributed by atoms with Crippen molar-refractivity contribution in [3.8, 4) is 17.0 Å². The van der Waals surface area contributed by atoms with Crippen LogP contribution in [-0.2, 0) is 20.9 Å². The van der Waals surface area contributed by atoms with Crippen LogP contribution in [0.15, 0.2) is 72.9 Å². The quantitative estimate of drug-likeness (QED) is 0.400. The number of rotatable bonds is 10. The zero-order chi connectivity index (χ0) is 26.8. The number of nitrogens with one attached hydrogen (secondary N) is 2. The average Bonchev–Trinajstić information content (AvgIpc) is 2.89. The van der Waals surface area contributed by atoms with Gasteiger partial charge in [-0.3, -0.25) is 19.4 Å². The van der Waals surface area contributed by atoms with Gasteiger partial charge in [-0.1, -0.05) is 42.5 Å². The third-order valence-electron chi connectivity index (χ3n) is 5.38. The second-order valence-electron chi connectivity index (χ2n) is 9.52. The number of ether oxygens (including phenoxy) is 2. The van der Waals surface area contributed by atoms with E-state index in [-0.39, 0.29) is 19.4 Å². The number of amides is 2. The van der Waals surface area contributed by atoms with E-state index < -0.39 is 29.4 Å². The van der Waals surface area contributed by atoms with Gasteiger partial charge in [-0.2, -0.15) is 0 Å². The molecule has 1 atom stereocenters. The number of carbonyl (C=O) groups is 3. The molecule has 2 N–H and O–H groups in total. The highest BCUT2D eigenvalue weighted by Crippen LogP contribution is 2.17. The summed E-state index contributed by atoms with van der Waals surface area (Å²) in [6.07, 6.45) is 1.52. The molecule has 3 aromatic rings. The number of hydrogen-bond donors (Lipinski definition) is 2. The Labute approximate surface area is 217 Å². The molecule has 0 radical (unpaired) electrons. The van der Waals surface area contributed by atoms with Crippen molar-refractivity contribution < 1.29 is 23.9 Å². The molecule has 0 saturated carbocycles. The molecule has 2 aromatic carbocycles. The second kappa shape index (κ2) is 12.7. The van der Waals surface area contributed by atoms with E-state index in [1.807, 2.05) is 54.6 Å². The fraction of sp³-hybridized carbons (Fsp3) is 0.310. The third kappa shape index (κ3) is 8.75. The Hall–Kier alpha value is -4.20. The Morgan fingerprint density at radius 1 is 0.973 bits per heavy atom. The molecule has 0 fully saturated rings. The van der Waals surface area contributed by atoms with Crippen molar-refractivity contribution in [2.75, 3.05) is 7.11 Å². The number of carbonyl (C=O) groups excluding carboxylic acids is 3. The van der Waals surface area contributed by atoms with E-state index >= 15 is 0 Å². The van der Waals surface area contributed by atoms with Gasteiger partial charge in [0.25, 0.3) is 5.91 Å². The van der Waals surface area contributed by atoms with Gasteiger partial charge in [0.05, 0.1) is 18.4 Å². The number of aromatic nitrogens is 1. The van der Waals surface area contributed by atoms with Gasteiger partial charge in [-0.25, -0.2) is 0 Å². The maximum Gasteiger partial charge on any atom is 0.306 e. The fourth-order valence-corrected chi connectivity index (χ4v) is 3.57. The van der Waals surface area contributed by atoms with Crippen LogP contribution in [0.1, 0.15) is 49.5 Å². The molecule has 8 heteroatoms. The molecule has 0 aliphatic rings. The van der Waals surface area contributed by atoms with Crippen LogP contribution < -0.4 is 15.4 Å². The Kier molecular flexibility index (Phi) is 9.38. The first-order chi connectivity index (χ1) is 17.6. The molecule has 37 heavy (non-hydrogen) atoms. The average molecular weight is 504 g/mol. The van der Waals surface area contributed by atoms with E-state index in [1.165, 1.54) is 6.20 Å². The maximum atomic E-state index is 13.0. The molecule has 0 saturated heterocycles. The first-order valence-corrected chi connectivity index (χ1v) is 12.1. The van der Waals surface area contributed by atoms with Crippen molar-refractivity contribution in [2.24, 2.45) is 0 Å². The van der Waals surface area contributed by atoms with Gasteiger partial charge in [-0.15, -0.1) is 0 Å². The first-order valence-electron chi connectivity index (χ1n) is 12.1. The van der Waals surface area contributed by atoms with E-state index in [0.717, 1.165) is 16.8 Å². The number of esters is 1. The lowest BCUT2D eigenvalue weighted by Gasteiger charge is -2.21. The monoisotopic (exact) mass is 503 g/mol. The summed E-state index contributed by atoms with van der Waals surface area (Å²) in [6.45, 7) is 5.56. The van der Waals surface area contributed by atoms with Crippen LogP contribution in [0.25, 0.3) is 11.3 Å². The summed E-state index contributed by atoms with van der Waals surface area (Å²) >= 11 is 0. The molecule has 0 spiro atoms. The minimum Gasteiger partial charge on any atom is -0.497 e. The molecular formula is C29H33N3O5. The predicted octanol–water partition coefficient (Wildman–Crippen LogP) is 4.29. The summed E-state index contributed by atoms with van der Waals surface area (Å²) < 4.78 is 10.6. The minimum absolute atomic E-state index is 0.0278. The molecule has 0 bridgehead atoms. The highest BCUT2D eigenvalue weighted by Gasteiger charge is 2.24. The Morgan fingerprint density at radius 3 is 2.38 bits per heavy atom. The third-order valence-corrected chi connectivity index (χ3v) is 5.38. The van der Waals surface area contributed by atoms with Gasteiger partial charge in [0.2, 0.25) is 5.91 Å². The van der Waals surface area contributed by atoms with Crippen molar-refractivity contribution in [2.45, 2.75) is 51.8 Å². The summed E-state index contributed by atoms with van der Waals surface area (Å²) in [5, 5.41) is 5.58. The first kappa shape index (κ1) is 27.4. The number of methoxy groups -OCH3 is 1. The Balaban J connectivity index is 1.69. The van der Waals surface area contributed by atoms with Crippen LogP contribution >= 0.6 is 0 Å². The Morgan fingerprint density at radius 2 is 1.73 bits per heavy atom. The Bertz CT molecular complexity index is 1200. The van der Waals surface area contributed by atoms with Gasteiger partial charge >= 0.3 is 5.97 Å². The van der Waals surface area contributed by atoms with Crippen molar-refractivity contribution in [1.29, 1.82) is 0 Å². The van der Waals surface area contributed by atoms with E-state index in [1.54, 1.807) is 40.0 Å². The SMILES string of the molecule is COc1cccc(CNC(=O)C(CCC(=O)OC(C)(C)C)NC(=O)c2ccc(-c3ccccc3)nc2)c1. The number of hydrogen-bond acceptors (Lipinski definition) is 6. The molecule has 194 valence electrons. The van der Waals surface area contributed by atoms with Gasteiger partial charge in [0.1, 0.15) is 17.4 Å². The number of nitrogens with zero attached hydrogens (tertiary/aromatic N) is 1. The highest BCUT2D eigenvalue weighted by molar-refractivity contribution is 5.97. The van der Waals surface area contributed by atoms with Gasteiger partial charge in [-0.05, 0) is 57.0 Å². The number of benzene rings is 2. The van der Waals surface area contributed by atoms with Crippen molar-refractivity contribution in [3.05, 3.63) is 84.1 Å². The lowest BCUT2D eigenvalue weighted by atomic mass is 10.1. The van der Waals surface area contributed by atoms with Gasteiger partial charge in [0.15, 0.2) is 0 Å². The van der Waals surface area contributed by atoms with Crippen LogP contribution in [0.4, 0.5) is 0 Å². The van der Waals surface area contributed by atoms with Crippen LogP contribution in [-0.4, -0.2) is 41.5 Å². The molecule has 2 amide bonds. The van der Waals surface area contributed by atoms with Gasteiger partial charge in [0, 0.05) is 24.7 Å². The van der Waals surface area contributed by atoms with Crippen LogP contribution in [0.3, 0.4) is 0 Å². The molecule has 1 unspecified atom stereocenters.